The molecule has 1 aliphatic rings. The Hall–Kier alpha value is -0.300. The molecule has 9 heavy (non-hydrogen) atoms. The molecule has 0 fully saturated rings. The van der Waals surface area contributed by atoms with Gasteiger partial charge in [-0.25, -0.2) is 0 Å². The Bertz CT molecular complexity index is 118. The van der Waals surface area contributed by atoms with Crippen LogP contribution in [0.3, 0.4) is 0 Å². The first-order valence-electron chi connectivity index (χ1n) is 3.64. The van der Waals surface area contributed by atoms with E-state index >= 15 is 0 Å². The SMILES string of the molecule is CC1CC=CC(N)C1C. The fourth-order valence-corrected chi connectivity index (χ4v) is 1.22. The van der Waals surface area contributed by atoms with Crippen LogP contribution in [-0.4, -0.2) is 6.04 Å². The molecule has 0 aromatic heterocycles. The average molecular weight is 125 g/mol. The Kier molecular flexibility index (Phi) is 1.91. The van der Waals surface area contributed by atoms with Crippen LogP contribution in [0.25, 0.3) is 0 Å². The summed E-state index contributed by atoms with van der Waals surface area (Å²) in [5.74, 6) is 1.43. The third-order valence-corrected chi connectivity index (χ3v) is 2.37. The van der Waals surface area contributed by atoms with Gasteiger partial charge in [0.2, 0.25) is 0 Å². The van der Waals surface area contributed by atoms with E-state index in [0.29, 0.717) is 12.0 Å². The van der Waals surface area contributed by atoms with Crippen LogP contribution in [0, 0.1) is 11.8 Å². The van der Waals surface area contributed by atoms with Crippen molar-refractivity contribution in [1.29, 1.82) is 0 Å². The van der Waals surface area contributed by atoms with Gasteiger partial charge in [-0.1, -0.05) is 26.0 Å². The molecule has 0 spiro atoms. The van der Waals surface area contributed by atoms with Gasteiger partial charge in [-0.15, -0.1) is 0 Å². The lowest BCUT2D eigenvalue weighted by molar-refractivity contribution is 0.344. The minimum Gasteiger partial charge on any atom is -0.324 e. The number of hydrogen-bond donors (Lipinski definition) is 1. The second kappa shape index (κ2) is 2.53. The molecule has 0 radical (unpaired) electrons. The normalized spacial score (nSPS) is 43.2. The zero-order valence-corrected chi connectivity index (χ0v) is 6.17. The van der Waals surface area contributed by atoms with Gasteiger partial charge in [-0.05, 0) is 18.3 Å². The highest BCUT2D eigenvalue weighted by Crippen LogP contribution is 2.22. The van der Waals surface area contributed by atoms with Crippen LogP contribution in [0.4, 0.5) is 0 Å². The predicted molar refractivity (Wildman–Crippen MR) is 40.1 cm³/mol. The van der Waals surface area contributed by atoms with Crippen molar-refractivity contribution in [2.24, 2.45) is 17.6 Å². The molecular formula is C8H15N. The molecule has 0 heterocycles. The molecule has 52 valence electrons. The van der Waals surface area contributed by atoms with E-state index in [0.717, 1.165) is 5.92 Å². The largest absolute Gasteiger partial charge is 0.324 e. The third kappa shape index (κ3) is 1.33. The van der Waals surface area contributed by atoms with Gasteiger partial charge in [0.15, 0.2) is 0 Å². The lowest BCUT2D eigenvalue weighted by Crippen LogP contribution is -2.32. The van der Waals surface area contributed by atoms with Crippen molar-refractivity contribution in [3.05, 3.63) is 12.2 Å². The minimum atomic E-state index is 0.300. The van der Waals surface area contributed by atoms with Crippen LogP contribution in [-0.2, 0) is 0 Å². The fourth-order valence-electron chi connectivity index (χ4n) is 1.22. The second-order valence-electron chi connectivity index (χ2n) is 3.08. The number of hydrogen-bond acceptors (Lipinski definition) is 1. The maximum absolute atomic E-state index is 5.78. The van der Waals surface area contributed by atoms with E-state index in [1.165, 1.54) is 6.42 Å². The van der Waals surface area contributed by atoms with Crippen LogP contribution in [0.1, 0.15) is 20.3 Å². The average Bonchev–Trinajstić information content (AvgIpc) is 1.83. The van der Waals surface area contributed by atoms with Crippen LogP contribution in [0.15, 0.2) is 12.2 Å². The van der Waals surface area contributed by atoms with Crippen molar-refractivity contribution in [2.75, 3.05) is 0 Å². The van der Waals surface area contributed by atoms with Gasteiger partial charge >= 0.3 is 0 Å². The summed E-state index contributed by atoms with van der Waals surface area (Å²) >= 11 is 0. The van der Waals surface area contributed by atoms with Gasteiger partial charge in [-0.2, -0.15) is 0 Å². The van der Waals surface area contributed by atoms with Crippen LogP contribution in [0.2, 0.25) is 0 Å². The maximum atomic E-state index is 5.78. The Balaban J connectivity index is 2.58. The van der Waals surface area contributed by atoms with Gasteiger partial charge in [-0.3, -0.25) is 0 Å². The summed E-state index contributed by atoms with van der Waals surface area (Å²) in [6, 6.07) is 0.300. The zero-order valence-electron chi connectivity index (χ0n) is 6.17. The lowest BCUT2D eigenvalue weighted by atomic mass is 9.83. The predicted octanol–water partition coefficient (Wildman–Crippen LogP) is 1.55. The second-order valence-corrected chi connectivity index (χ2v) is 3.08. The van der Waals surface area contributed by atoms with Gasteiger partial charge in [0, 0.05) is 6.04 Å². The molecule has 0 saturated heterocycles. The van der Waals surface area contributed by atoms with Gasteiger partial charge in [0.25, 0.3) is 0 Å². The summed E-state index contributed by atoms with van der Waals surface area (Å²) in [7, 11) is 0. The summed E-state index contributed by atoms with van der Waals surface area (Å²) < 4.78 is 0. The maximum Gasteiger partial charge on any atom is 0.0252 e. The Labute approximate surface area is 56.9 Å². The van der Waals surface area contributed by atoms with Crippen molar-refractivity contribution in [3.8, 4) is 0 Å². The topological polar surface area (TPSA) is 26.0 Å². The monoisotopic (exact) mass is 125 g/mol. The van der Waals surface area contributed by atoms with Gasteiger partial charge in [0.05, 0.1) is 0 Å². The Morgan fingerprint density at radius 3 is 2.56 bits per heavy atom. The molecule has 0 amide bonds. The van der Waals surface area contributed by atoms with Crippen molar-refractivity contribution < 1.29 is 0 Å². The summed E-state index contributed by atoms with van der Waals surface area (Å²) in [6.45, 7) is 4.48. The van der Waals surface area contributed by atoms with E-state index in [2.05, 4.69) is 26.0 Å². The highest BCUT2D eigenvalue weighted by Gasteiger charge is 2.19. The van der Waals surface area contributed by atoms with Crippen molar-refractivity contribution in [3.63, 3.8) is 0 Å². The van der Waals surface area contributed by atoms with Crippen molar-refractivity contribution >= 4 is 0 Å². The lowest BCUT2D eigenvalue weighted by Gasteiger charge is -2.26. The first-order chi connectivity index (χ1) is 4.22. The number of allylic oxidation sites excluding steroid dienone is 1. The number of rotatable bonds is 0. The molecule has 1 aliphatic carbocycles. The molecule has 2 N–H and O–H groups in total. The highest BCUT2D eigenvalue weighted by molar-refractivity contribution is 5.00. The summed E-state index contributed by atoms with van der Waals surface area (Å²) in [6.07, 6.45) is 5.51. The fraction of sp³-hybridized carbons (Fsp3) is 0.750. The quantitative estimate of drug-likeness (QED) is 0.488. The van der Waals surface area contributed by atoms with E-state index < -0.39 is 0 Å². The Morgan fingerprint density at radius 2 is 2.11 bits per heavy atom. The van der Waals surface area contributed by atoms with Crippen LogP contribution >= 0.6 is 0 Å². The molecular weight excluding hydrogens is 110 g/mol. The van der Waals surface area contributed by atoms with Crippen LogP contribution < -0.4 is 5.73 Å². The Morgan fingerprint density at radius 1 is 1.44 bits per heavy atom. The van der Waals surface area contributed by atoms with Gasteiger partial charge < -0.3 is 5.73 Å². The van der Waals surface area contributed by atoms with Crippen molar-refractivity contribution in [2.45, 2.75) is 26.3 Å². The third-order valence-electron chi connectivity index (χ3n) is 2.37. The van der Waals surface area contributed by atoms with Crippen LogP contribution in [0.5, 0.6) is 0 Å². The molecule has 0 bridgehead atoms. The molecule has 0 aromatic rings. The van der Waals surface area contributed by atoms with E-state index in [1.54, 1.807) is 0 Å². The molecule has 0 saturated carbocycles. The summed E-state index contributed by atoms with van der Waals surface area (Å²) in [5.41, 5.74) is 5.78. The van der Waals surface area contributed by atoms with E-state index in [4.69, 9.17) is 5.73 Å². The molecule has 1 heteroatoms. The van der Waals surface area contributed by atoms with E-state index in [9.17, 15) is 0 Å². The standard InChI is InChI=1S/C8H15N/c1-6-4-3-5-8(9)7(6)2/h3,5-8H,4,9H2,1-2H3. The smallest absolute Gasteiger partial charge is 0.0252 e. The van der Waals surface area contributed by atoms with E-state index in [1.807, 2.05) is 0 Å². The summed E-state index contributed by atoms with van der Waals surface area (Å²) in [4.78, 5) is 0. The number of nitrogens with two attached hydrogens (primary N) is 1. The molecule has 3 atom stereocenters. The molecule has 0 aliphatic heterocycles. The van der Waals surface area contributed by atoms with Crippen molar-refractivity contribution in [1.82, 2.24) is 0 Å². The first-order valence-corrected chi connectivity index (χ1v) is 3.64. The molecule has 0 aromatic carbocycles. The molecule has 1 nitrogen and oxygen atoms in total. The van der Waals surface area contributed by atoms with E-state index in [-0.39, 0.29) is 0 Å². The molecule has 3 unspecified atom stereocenters. The zero-order chi connectivity index (χ0) is 6.85. The first kappa shape index (κ1) is 6.81. The highest BCUT2D eigenvalue weighted by atomic mass is 14.6. The minimum absolute atomic E-state index is 0.300. The summed E-state index contributed by atoms with van der Waals surface area (Å²) in [5, 5.41) is 0. The van der Waals surface area contributed by atoms with Gasteiger partial charge in [0.1, 0.15) is 0 Å². The molecule has 1 rings (SSSR count).